The van der Waals surface area contributed by atoms with Gasteiger partial charge in [0.15, 0.2) is 5.78 Å². The van der Waals surface area contributed by atoms with E-state index in [0.717, 1.165) is 25.7 Å². The number of halogens is 1. The summed E-state index contributed by atoms with van der Waals surface area (Å²) < 4.78 is 13.0. The Morgan fingerprint density at radius 2 is 2.00 bits per heavy atom. The second-order valence-electron chi connectivity index (χ2n) is 5.03. The number of hydrogen-bond donors (Lipinski definition) is 1. The van der Waals surface area contributed by atoms with Crippen LogP contribution in [0.2, 0.25) is 0 Å². The lowest BCUT2D eigenvalue weighted by molar-refractivity contribution is 0.0934. The Bertz CT molecular complexity index is 410. The van der Waals surface area contributed by atoms with Gasteiger partial charge in [0.2, 0.25) is 0 Å². The molecule has 0 bridgehead atoms. The van der Waals surface area contributed by atoms with E-state index in [4.69, 9.17) is 5.73 Å². The van der Waals surface area contributed by atoms with Crippen molar-refractivity contribution in [3.05, 3.63) is 35.6 Å². The highest BCUT2D eigenvalue weighted by atomic mass is 19.1. The predicted molar refractivity (Wildman–Crippen MR) is 65.4 cm³/mol. The highest BCUT2D eigenvalue weighted by Gasteiger charge is 2.30. The molecule has 0 aliphatic heterocycles. The molecule has 0 spiro atoms. The Labute approximate surface area is 101 Å². The molecule has 0 amide bonds. The van der Waals surface area contributed by atoms with Gasteiger partial charge in [-0.15, -0.1) is 0 Å². The summed E-state index contributed by atoms with van der Waals surface area (Å²) in [6, 6.07) is 5.84. The number of ketones is 1. The smallest absolute Gasteiger partial charge is 0.164 e. The monoisotopic (exact) mass is 235 g/mol. The molecule has 2 nitrogen and oxygen atoms in total. The first-order valence-corrected chi connectivity index (χ1v) is 6.17. The average molecular weight is 235 g/mol. The van der Waals surface area contributed by atoms with Crippen molar-refractivity contribution in [3.63, 3.8) is 0 Å². The normalized spacial score (nSPS) is 18.9. The zero-order chi connectivity index (χ0) is 12.3. The van der Waals surface area contributed by atoms with Crippen LogP contribution in [-0.2, 0) is 0 Å². The lowest BCUT2D eigenvalue weighted by Gasteiger charge is -2.32. The van der Waals surface area contributed by atoms with Crippen molar-refractivity contribution in [2.75, 3.05) is 0 Å². The number of benzene rings is 1. The SMILES string of the molecule is NC1(CC(=O)c2cccc(F)c2)CCCCC1. The van der Waals surface area contributed by atoms with Crippen molar-refractivity contribution < 1.29 is 9.18 Å². The minimum atomic E-state index is -0.373. The molecule has 0 atom stereocenters. The summed E-state index contributed by atoms with van der Waals surface area (Å²) in [5, 5.41) is 0. The first-order chi connectivity index (χ1) is 8.09. The molecule has 0 heterocycles. The van der Waals surface area contributed by atoms with Gasteiger partial charge < -0.3 is 5.73 Å². The van der Waals surface area contributed by atoms with Gasteiger partial charge in [0.1, 0.15) is 5.82 Å². The molecular formula is C14H18FNO. The number of carbonyl (C=O) groups is 1. The Morgan fingerprint density at radius 3 is 2.65 bits per heavy atom. The molecule has 0 saturated heterocycles. The first kappa shape index (κ1) is 12.2. The molecule has 1 fully saturated rings. The molecule has 1 aliphatic carbocycles. The minimum Gasteiger partial charge on any atom is -0.325 e. The van der Waals surface area contributed by atoms with Crippen molar-refractivity contribution in [3.8, 4) is 0 Å². The minimum absolute atomic E-state index is 0.0473. The fourth-order valence-electron chi connectivity index (χ4n) is 2.52. The van der Waals surface area contributed by atoms with Crippen molar-refractivity contribution in [1.29, 1.82) is 0 Å². The van der Waals surface area contributed by atoms with E-state index in [2.05, 4.69) is 0 Å². The van der Waals surface area contributed by atoms with E-state index in [1.165, 1.54) is 18.6 Å². The fourth-order valence-corrected chi connectivity index (χ4v) is 2.52. The topological polar surface area (TPSA) is 43.1 Å². The van der Waals surface area contributed by atoms with E-state index in [0.29, 0.717) is 12.0 Å². The van der Waals surface area contributed by atoms with Crippen molar-refractivity contribution in [1.82, 2.24) is 0 Å². The van der Waals surface area contributed by atoms with Gasteiger partial charge in [-0.05, 0) is 25.0 Å². The third kappa shape index (κ3) is 3.13. The Morgan fingerprint density at radius 1 is 1.29 bits per heavy atom. The van der Waals surface area contributed by atoms with Crippen LogP contribution >= 0.6 is 0 Å². The number of nitrogens with two attached hydrogens (primary N) is 1. The van der Waals surface area contributed by atoms with Crippen LogP contribution in [0.4, 0.5) is 4.39 Å². The maximum Gasteiger partial charge on any atom is 0.164 e. The summed E-state index contributed by atoms with van der Waals surface area (Å²) in [6.45, 7) is 0. The van der Waals surface area contributed by atoms with E-state index < -0.39 is 0 Å². The molecule has 0 unspecified atom stereocenters. The van der Waals surface area contributed by atoms with Crippen molar-refractivity contribution in [2.24, 2.45) is 5.73 Å². The molecule has 1 aromatic rings. The highest BCUT2D eigenvalue weighted by molar-refractivity contribution is 5.96. The van der Waals surface area contributed by atoms with Crippen LogP contribution < -0.4 is 5.73 Å². The molecule has 2 N–H and O–H groups in total. The number of rotatable bonds is 3. The number of Topliss-reactive ketones (excluding diaryl/α,β-unsaturated/α-hetero) is 1. The largest absolute Gasteiger partial charge is 0.325 e. The van der Waals surface area contributed by atoms with Crippen LogP contribution in [0.5, 0.6) is 0 Å². The second-order valence-corrected chi connectivity index (χ2v) is 5.03. The zero-order valence-corrected chi connectivity index (χ0v) is 9.92. The van der Waals surface area contributed by atoms with Gasteiger partial charge in [-0.3, -0.25) is 4.79 Å². The van der Waals surface area contributed by atoms with Gasteiger partial charge in [0.25, 0.3) is 0 Å². The standard InChI is InChI=1S/C14H18FNO/c15-12-6-4-5-11(9-12)13(17)10-14(16)7-2-1-3-8-14/h4-6,9H,1-3,7-8,10,16H2. The Hall–Kier alpha value is -1.22. The van der Waals surface area contributed by atoms with E-state index in [1.54, 1.807) is 12.1 Å². The lowest BCUT2D eigenvalue weighted by atomic mass is 9.78. The summed E-state index contributed by atoms with van der Waals surface area (Å²) >= 11 is 0. The molecule has 3 heteroatoms. The second kappa shape index (κ2) is 4.96. The fraction of sp³-hybridized carbons (Fsp3) is 0.500. The van der Waals surface area contributed by atoms with Crippen LogP contribution in [0.15, 0.2) is 24.3 Å². The van der Waals surface area contributed by atoms with E-state index in [-0.39, 0.29) is 17.1 Å². The van der Waals surface area contributed by atoms with E-state index in [1.807, 2.05) is 0 Å². The van der Waals surface area contributed by atoms with Gasteiger partial charge in [-0.1, -0.05) is 31.4 Å². The van der Waals surface area contributed by atoms with Crippen LogP contribution in [0.1, 0.15) is 48.9 Å². The molecule has 2 rings (SSSR count). The summed E-state index contributed by atoms with van der Waals surface area (Å²) in [5.74, 6) is -0.417. The average Bonchev–Trinajstić information content (AvgIpc) is 2.29. The molecular weight excluding hydrogens is 217 g/mol. The molecule has 1 aliphatic rings. The van der Waals surface area contributed by atoms with E-state index in [9.17, 15) is 9.18 Å². The molecule has 1 saturated carbocycles. The van der Waals surface area contributed by atoms with Gasteiger partial charge in [-0.25, -0.2) is 4.39 Å². The third-order valence-electron chi connectivity index (χ3n) is 3.51. The van der Waals surface area contributed by atoms with Crippen LogP contribution in [0.3, 0.4) is 0 Å². The molecule has 92 valence electrons. The van der Waals surface area contributed by atoms with E-state index >= 15 is 0 Å². The number of carbonyl (C=O) groups excluding carboxylic acids is 1. The molecule has 1 aromatic carbocycles. The predicted octanol–water partition coefficient (Wildman–Crippen LogP) is 3.06. The van der Waals surface area contributed by atoms with Crippen molar-refractivity contribution >= 4 is 5.78 Å². The zero-order valence-electron chi connectivity index (χ0n) is 9.92. The van der Waals surface area contributed by atoms with Gasteiger partial charge in [-0.2, -0.15) is 0 Å². The maximum atomic E-state index is 13.0. The Balaban J connectivity index is 2.06. The summed E-state index contributed by atoms with van der Waals surface area (Å²) in [6.07, 6.45) is 5.51. The third-order valence-corrected chi connectivity index (χ3v) is 3.51. The Kier molecular flexibility index (Phi) is 3.57. The van der Waals surface area contributed by atoms with Crippen LogP contribution in [0, 0.1) is 5.82 Å². The summed E-state index contributed by atoms with van der Waals surface area (Å²) in [5.41, 5.74) is 6.28. The highest BCUT2D eigenvalue weighted by Crippen LogP contribution is 2.29. The molecule has 17 heavy (non-hydrogen) atoms. The van der Waals surface area contributed by atoms with Crippen LogP contribution in [-0.4, -0.2) is 11.3 Å². The van der Waals surface area contributed by atoms with Crippen molar-refractivity contribution in [2.45, 2.75) is 44.1 Å². The number of hydrogen-bond acceptors (Lipinski definition) is 2. The van der Waals surface area contributed by atoms with Crippen LogP contribution in [0.25, 0.3) is 0 Å². The summed E-state index contributed by atoms with van der Waals surface area (Å²) in [7, 11) is 0. The first-order valence-electron chi connectivity index (χ1n) is 6.17. The molecule has 0 radical (unpaired) electrons. The maximum absolute atomic E-state index is 13.0. The quantitative estimate of drug-likeness (QED) is 0.818. The lowest BCUT2D eigenvalue weighted by Crippen LogP contribution is -2.43. The summed E-state index contributed by atoms with van der Waals surface area (Å²) in [4.78, 5) is 12.0. The molecule has 0 aromatic heterocycles. The van der Waals surface area contributed by atoms with Gasteiger partial charge in [0.05, 0.1) is 0 Å². The van der Waals surface area contributed by atoms with Gasteiger partial charge in [0, 0.05) is 17.5 Å². The van der Waals surface area contributed by atoms with Gasteiger partial charge >= 0.3 is 0 Å².